The van der Waals surface area contributed by atoms with Gasteiger partial charge in [-0.1, -0.05) is 15.5 Å². The molecule has 0 heterocycles. The normalized spacial score (nSPS) is 12.0. The van der Waals surface area contributed by atoms with E-state index in [1.165, 1.54) is 0 Å². The molecule has 0 aliphatic heterocycles. The van der Waals surface area contributed by atoms with Crippen molar-refractivity contribution in [2.75, 3.05) is 19.4 Å². The molecule has 0 aromatic carbocycles. The fourth-order valence-corrected chi connectivity index (χ4v) is 1.54. The smallest absolute Gasteiger partial charge is 0.172 e. The van der Waals surface area contributed by atoms with Crippen LogP contribution in [-0.2, 0) is 9.47 Å². The predicted molar refractivity (Wildman–Crippen MR) is 45.9 cm³/mol. The van der Waals surface area contributed by atoms with Crippen molar-refractivity contribution in [2.24, 2.45) is 0 Å². The van der Waals surface area contributed by atoms with Gasteiger partial charge in [0.25, 0.3) is 0 Å². The van der Waals surface area contributed by atoms with Crippen LogP contribution in [0.2, 0.25) is 0 Å². The first-order chi connectivity index (χ1) is 4.85. The van der Waals surface area contributed by atoms with Crippen molar-refractivity contribution in [3.05, 3.63) is 0 Å². The summed E-state index contributed by atoms with van der Waals surface area (Å²) in [6, 6.07) is 0.0556. The molecule has 10 heavy (non-hydrogen) atoms. The molecule has 3 heteroatoms. The maximum absolute atomic E-state index is 5.31. The molecular formula is C7H17O2P. The Morgan fingerprint density at radius 2 is 1.60 bits per heavy atom. The quantitative estimate of drug-likeness (QED) is 0.442. The van der Waals surface area contributed by atoms with Crippen molar-refractivity contribution in [3.8, 4) is 0 Å². The first-order valence-corrected chi connectivity index (χ1v) is 5.10. The summed E-state index contributed by atoms with van der Waals surface area (Å²) >= 11 is 0. The van der Waals surface area contributed by atoms with Gasteiger partial charge in [-0.2, -0.15) is 0 Å². The van der Waals surface area contributed by atoms with E-state index in [1.807, 2.05) is 13.8 Å². The standard InChI is InChI=1S/C7H17O2P/c1-4-8-7(9-5-2)10-6-3/h7,10H,4-6H2,1-3H3. The van der Waals surface area contributed by atoms with Gasteiger partial charge < -0.3 is 9.47 Å². The molecule has 0 amide bonds. The van der Waals surface area contributed by atoms with E-state index >= 15 is 0 Å². The number of ether oxygens (including phenoxy) is 2. The van der Waals surface area contributed by atoms with Gasteiger partial charge in [-0.15, -0.1) is 0 Å². The molecule has 0 saturated carbocycles. The Morgan fingerprint density at radius 3 is 1.90 bits per heavy atom. The molecule has 2 nitrogen and oxygen atoms in total. The van der Waals surface area contributed by atoms with Gasteiger partial charge in [0.1, 0.15) is 0 Å². The third-order valence-corrected chi connectivity index (χ3v) is 2.08. The molecule has 0 aromatic heterocycles. The predicted octanol–water partition coefficient (Wildman–Crippen LogP) is 2.04. The van der Waals surface area contributed by atoms with Gasteiger partial charge in [0.15, 0.2) is 6.03 Å². The Bertz CT molecular complexity index is 54.4. The lowest BCUT2D eigenvalue weighted by Crippen LogP contribution is -2.11. The highest BCUT2D eigenvalue weighted by Gasteiger charge is 2.03. The number of hydrogen-bond donors (Lipinski definition) is 0. The summed E-state index contributed by atoms with van der Waals surface area (Å²) in [7, 11) is 0.775. The zero-order valence-electron chi connectivity index (χ0n) is 7.02. The summed E-state index contributed by atoms with van der Waals surface area (Å²) in [5, 5.41) is 0. The Kier molecular flexibility index (Phi) is 7.72. The molecule has 0 radical (unpaired) electrons. The van der Waals surface area contributed by atoms with Crippen molar-refractivity contribution >= 4 is 8.58 Å². The van der Waals surface area contributed by atoms with Gasteiger partial charge in [-0.05, 0) is 20.0 Å². The summed E-state index contributed by atoms with van der Waals surface area (Å²) in [5.41, 5.74) is 0. The van der Waals surface area contributed by atoms with Crippen LogP contribution in [0.4, 0.5) is 0 Å². The number of hydrogen-bond acceptors (Lipinski definition) is 2. The third-order valence-electron chi connectivity index (χ3n) is 1.01. The van der Waals surface area contributed by atoms with Crippen LogP contribution in [-0.4, -0.2) is 25.4 Å². The van der Waals surface area contributed by atoms with E-state index in [-0.39, 0.29) is 6.03 Å². The minimum absolute atomic E-state index is 0.0556. The van der Waals surface area contributed by atoms with Crippen LogP contribution in [0.25, 0.3) is 0 Å². The zero-order valence-corrected chi connectivity index (χ0v) is 8.02. The molecule has 1 atom stereocenters. The summed E-state index contributed by atoms with van der Waals surface area (Å²) in [5.74, 6) is 0. The molecule has 0 fully saturated rings. The Morgan fingerprint density at radius 1 is 1.10 bits per heavy atom. The van der Waals surface area contributed by atoms with Gasteiger partial charge in [0, 0.05) is 13.2 Å². The van der Waals surface area contributed by atoms with Crippen LogP contribution in [0.5, 0.6) is 0 Å². The molecule has 0 spiro atoms. The largest absolute Gasteiger partial charge is 0.349 e. The highest BCUT2D eigenvalue weighted by Crippen LogP contribution is 2.19. The average molecular weight is 164 g/mol. The second-order valence-electron chi connectivity index (χ2n) is 1.80. The average Bonchev–Trinajstić information content (AvgIpc) is 1.90. The summed E-state index contributed by atoms with van der Waals surface area (Å²) in [6.07, 6.45) is 1.14. The molecule has 0 aromatic rings. The SMILES string of the molecule is CCOC(OCC)PCC. The number of rotatable bonds is 6. The Hall–Kier alpha value is 0.350. The highest BCUT2D eigenvalue weighted by molar-refractivity contribution is 7.38. The van der Waals surface area contributed by atoms with E-state index < -0.39 is 0 Å². The van der Waals surface area contributed by atoms with Crippen molar-refractivity contribution < 1.29 is 9.47 Å². The molecule has 1 unspecified atom stereocenters. The van der Waals surface area contributed by atoms with Crippen LogP contribution in [0.1, 0.15) is 20.8 Å². The van der Waals surface area contributed by atoms with E-state index in [9.17, 15) is 0 Å². The van der Waals surface area contributed by atoms with Crippen LogP contribution in [0.15, 0.2) is 0 Å². The van der Waals surface area contributed by atoms with Crippen molar-refractivity contribution in [2.45, 2.75) is 26.8 Å². The van der Waals surface area contributed by atoms with E-state index in [2.05, 4.69) is 6.92 Å². The maximum Gasteiger partial charge on any atom is 0.172 e. The summed E-state index contributed by atoms with van der Waals surface area (Å²) in [4.78, 5) is 0. The van der Waals surface area contributed by atoms with Gasteiger partial charge >= 0.3 is 0 Å². The van der Waals surface area contributed by atoms with Gasteiger partial charge in [0.2, 0.25) is 0 Å². The van der Waals surface area contributed by atoms with Crippen molar-refractivity contribution in [3.63, 3.8) is 0 Å². The second-order valence-corrected chi connectivity index (χ2v) is 3.39. The first kappa shape index (κ1) is 10.3. The fraction of sp³-hybridized carbons (Fsp3) is 1.00. The van der Waals surface area contributed by atoms with Crippen LogP contribution >= 0.6 is 8.58 Å². The molecule has 0 aliphatic rings. The highest BCUT2D eigenvalue weighted by atomic mass is 31.1. The van der Waals surface area contributed by atoms with E-state index in [0.717, 1.165) is 28.0 Å². The molecule has 0 saturated heterocycles. The van der Waals surface area contributed by atoms with Crippen LogP contribution < -0.4 is 0 Å². The topological polar surface area (TPSA) is 18.5 Å². The Balaban J connectivity index is 3.30. The lowest BCUT2D eigenvalue weighted by molar-refractivity contribution is -0.0763. The second kappa shape index (κ2) is 7.46. The Labute approximate surface area is 65.1 Å². The van der Waals surface area contributed by atoms with E-state index in [0.29, 0.717) is 0 Å². The first-order valence-electron chi connectivity index (χ1n) is 3.81. The van der Waals surface area contributed by atoms with Crippen LogP contribution in [0.3, 0.4) is 0 Å². The molecule has 0 rings (SSSR count). The van der Waals surface area contributed by atoms with Crippen molar-refractivity contribution in [1.29, 1.82) is 0 Å². The molecule has 0 N–H and O–H groups in total. The minimum atomic E-state index is 0.0556. The van der Waals surface area contributed by atoms with Gasteiger partial charge in [-0.3, -0.25) is 0 Å². The minimum Gasteiger partial charge on any atom is -0.349 e. The monoisotopic (exact) mass is 164 g/mol. The lowest BCUT2D eigenvalue weighted by Gasteiger charge is -2.15. The summed E-state index contributed by atoms with van der Waals surface area (Å²) < 4.78 is 10.6. The van der Waals surface area contributed by atoms with Crippen LogP contribution in [0, 0.1) is 0 Å². The maximum atomic E-state index is 5.31. The fourth-order valence-electron chi connectivity index (χ4n) is 0.635. The van der Waals surface area contributed by atoms with Gasteiger partial charge in [0.05, 0.1) is 0 Å². The zero-order chi connectivity index (χ0) is 7.82. The summed E-state index contributed by atoms with van der Waals surface area (Å²) in [6.45, 7) is 7.62. The molecule has 62 valence electrons. The van der Waals surface area contributed by atoms with E-state index in [4.69, 9.17) is 9.47 Å². The molecule has 0 aliphatic carbocycles. The molecular weight excluding hydrogens is 147 g/mol. The van der Waals surface area contributed by atoms with E-state index in [1.54, 1.807) is 0 Å². The lowest BCUT2D eigenvalue weighted by atomic mass is 10.9. The third kappa shape index (κ3) is 5.16. The van der Waals surface area contributed by atoms with Gasteiger partial charge in [-0.25, -0.2) is 0 Å². The van der Waals surface area contributed by atoms with Crippen molar-refractivity contribution in [1.82, 2.24) is 0 Å². The molecule has 0 bridgehead atoms.